The minimum atomic E-state index is -1.44. The van der Waals surface area contributed by atoms with Gasteiger partial charge in [0.25, 0.3) is 0 Å². The summed E-state index contributed by atoms with van der Waals surface area (Å²) in [6, 6.07) is 6.21. The van der Waals surface area contributed by atoms with E-state index in [1.807, 2.05) is 0 Å². The fourth-order valence-electron chi connectivity index (χ4n) is 1.94. The van der Waals surface area contributed by atoms with Gasteiger partial charge in [-0.1, -0.05) is 44.9 Å². The van der Waals surface area contributed by atoms with Crippen LogP contribution in [0.25, 0.3) is 6.08 Å². The normalized spacial score (nSPS) is 10.9. The highest BCUT2D eigenvalue weighted by Gasteiger charge is 2.28. The summed E-state index contributed by atoms with van der Waals surface area (Å²) in [6.45, 7) is 8.05. The van der Waals surface area contributed by atoms with Gasteiger partial charge >= 0.3 is 11.9 Å². The average Bonchev–Trinajstić information content (AvgIpc) is 2.71. The maximum absolute atomic E-state index is 12.4. The topological polar surface area (TPSA) is 99.1 Å². The summed E-state index contributed by atoms with van der Waals surface area (Å²) in [7, 11) is 1.21. The molecule has 0 aliphatic rings. The van der Waals surface area contributed by atoms with Crippen LogP contribution in [-0.2, 0) is 23.8 Å². The number of carboxylic acids is 1. The molecule has 0 bridgehead atoms. The van der Waals surface area contributed by atoms with Crippen LogP contribution in [0.3, 0.4) is 0 Å². The number of carbonyl (C=O) groups is 3. The summed E-state index contributed by atoms with van der Waals surface area (Å²) in [5.41, 5.74) is -0.143. The summed E-state index contributed by atoms with van der Waals surface area (Å²) in [6.07, 6.45) is 2.44. The second-order valence-electron chi connectivity index (χ2n) is 5.55. The molecular formula is C21H30O7. The van der Waals surface area contributed by atoms with E-state index in [4.69, 9.17) is 9.47 Å². The first-order valence-electron chi connectivity index (χ1n) is 9.27. The number of rotatable bonds is 10. The zero-order valence-corrected chi connectivity index (χ0v) is 17.2. The predicted octanol–water partition coefficient (Wildman–Crippen LogP) is 3.72. The number of ether oxygens (including phenoxy) is 3. The number of aliphatic carboxylic acids is 1. The zero-order chi connectivity index (χ0) is 21.5. The van der Waals surface area contributed by atoms with Crippen LogP contribution in [0.1, 0.15) is 56.5 Å². The van der Waals surface area contributed by atoms with Crippen molar-refractivity contribution in [1.82, 2.24) is 0 Å². The lowest BCUT2D eigenvalue weighted by Crippen LogP contribution is -2.31. The largest absolute Gasteiger partial charge is 0.478 e. The van der Waals surface area contributed by atoms with Crippen LogP contribution in [0.15, 0.2) is 29.8 Å². The molecule has 0 radical (unpaired) electrons. The zero-order valence-electron chi connectivity index (χ0n) is 17.2. The second-order valence-corrected chi connectivity index (χ2v) is 5.55. The van der Waals surface area contributed by atoms with E-state index in [0.29, 0.717) is 0 Å². The molecule has 156 valence electrons. The van der Waals surface area contributed by atoms with Crippen molar-refractivity contribution in [3.8, 4) is 0 Å². The van der Waals surface area contributed by atoms with Gasteiger partial charge in [-0.15, -0.1) is 0 Å². The lowest BCUT2D eigenvalue weighted by molar-refractivity contribution is -0.165. The Morgan fingerprint density at radius 1 is 1.00 bits per heavy atom. The van der Waals surface area contributed by atoms with Crippen LogP contribution in [0.4, 0.5) is 0 Å². The Morgan fingerprint density at radius 2 is 1.54 bits per heavy atom. The Bertz CT molecular complexity index is 656. The molecule has 0 amide bonds. The maximum atomic E-state index is 12.4. The smallest absolute Gasteiger partial charge is 0.339 e. The summed E-state index contributed by atoms with van der Waals surface area (Å²) in [4.78, 5) is 35.7. The molecule has 1 N–H and O–H groups in total. The van der Waals surface area contributed by atoms with Crippen LogP contribution >= 0.6 is 0 Å². The minimum Gasteiger partial charge on any atom is -0.478 e. The van der Waals surface area contributed by atoms with E-state index in [-0.39, 0.29) is 24.3 Å². The number of carboxylic acid groups (broad SMARTS) is 1. The van der Waals surface area contributed by atoms with Gasteiger partial charge < -0.3 is 19.3 Å². The van der Waals surface area contributed by atoms with Gasteiger partial charge in [0.15, 0.2) is 0 Å². The standard InChI is InChI=1S/C17H20O7.C4H10/c1-4-23-17(24-5-2)14(18)13(15(19)20)10-11-8-6-7-9-12(11)16(21)22-3;1-3-4-2/h6-10,17H,4-5H2,1-3H3,(H,19,20);3-4H2,1-2H3/b13-10+;. The fraction of sp³-hybridized carbons (Fsp3) is 0.476. The average molecular weight is 394 g/mol. The Balaban J connectivity index is 0.00000165. The Kier molecular flexibility index (Phi) is 13.2. The summed E-state index contributed by atoms with van der Waals surface area (Å²) in [5, 5.41) is 9.36. The molecular weight excluding hydrogens is 364 g/mol. The van der Waals surface area contributed by atoms with Crippen molar-refractivity contribution in [2.45, 2.75) is 46.8 Å². The lowest BCUT2D eigenvalue weighted by atomic mass is 10.0. The third-order valence-electron chi connectivity index (χ3n) is 3.51. The first-order valence-corrected chi connectivity index (χ1v) is 9.27. The predicted molar refractivity (Wildman–Crippen MR) is 106 cm³/mol. The highest BCUT2D eigenvalue weighted by molar-refractivity contribution is 6.21. The van der Waals surface area contributed by atoms with Crippen LogP contribution in [0.2, 0.25) is 0 Å². The van der Waals surface area contributed by atoms with Crippen molar-refractivity contribution in [3.05, 3.63) is 41.0 Å². The minimum absolute atomic E-state index is 0.149. The lowest BCUT2D eigenvalue weighted by Gasteiger charge is -2.16. The number of hydrogen-bond donors (Lipinski definition) is 1. The third kappa shape index (κ3) is 8.45. The molecule has 0 aromatic heterocycles. The maximum Gasteiger partial charge on any atom is 0.339 e. The molecule has 28 heavy (non-hydrogen) atoms. The SMILES string of the molecule is CCCC.CCOC(OCC)C(=O)/C(=C\c1ccccc1C(=O)OC)C(=O)O. The molecule has 7 nitrogen and oxygen atoms in total. The second kappa shape index (κ2) is 14.5. The Hall–Kier alpha value is -2.51. The van der Waals surface area contributed by atoms with Gasteiger partial charge in [0.05, 0.1) is 12.7 Å². The van der Waals surface area contributed by atoms with Crippen LogP contribution in [-0.4, -0.2) is 49.4 Å². The fourth-order valence-corrected chi connectivity index (χ4v) is 1.94. The van der Waals surface area contributed by atoms with Gasteiger partial charge in [-0.2, -0.15) is 0 Å². The van der Waals surface area contributed by atoms with Crippen LogP contribution in [0, 0.1) is 0 Å². The molecule has 1 rings (SSSR count). The highest BCUT2D eigenvalue weighted by atomic mass is 16.7. The van der Waals surface area contributed by atoms with E-state index in [0.717, 1.165) is 6.08 Å². The number of benzene rings is 1. The molecule has 0 aliphatic heterocycles. The number of hydrogen-bond acceptors (Lipinski definition) is 6. The van der Waals surface area contributed by atoms with Crippen LogP contribution in [0.5, 0.6) is 0 Å². The van der Waals surface area contributed by atoms with Gasteiger partial charge in [0.1, 0.15) is 5.57 Å². The quantitative estimate of drug-likeness (QED) is 0.212. The first-order chi connectivity index (χ1) is 13.4. The van der Waals surface area contributed by atoms with Gasteiger partial charge in [-0.25, -0.2) is 9.59 Å². The van der Waals surface area contributed by atoms with Gasteiger partial charge in [0, 0.05) is 13.2 Å². The molecule has 0 saturated carbocycles. The first kappa shape index (κ1) is 25.5. The molecule has 0 heterocycles. The highest BCUT2D eigenvalue weighted by Crippen LogP contribution is 2.17. The van der Waals surface area contributed by atoms with E-state index in [2.05, 4.69) is 18.6 Å². The molecule has 7 heteroatoms. The molecule has 1 aromatic rings. The van der Waals surface area contributed by atoms with E-state index < -0.39 is 29.6 Å². The van der Waals surface area contributed by atoms with Crippen molar-refractivity contribution in [1.29, 1.82) is 0 Å². The number of Topliss-reactive ketones (excluding diaryl/α,β-unsaturated/α-hetero) is 1. The Morgan fingerprint density at radius 3 is 1.96 bits per heavy atom. The van der Waals surface area contributed by atoms with E-state index >= 15 is 0 Å². The molecule has 1 aromatic carbocycles. The molecule has 0 atom stereocenters. The van der Waals surface area contributed by atoms with Crippen molar-refractivity contribution < 1.29 is 33.7 Å². The molecule has 0 saturated heterocycles. The number of ketones is 1. The van der Waals surface area contributed by atoms with E-state index in [1.165, 1.54) is 32.1 Å². The number of methoxy groups -OCH3 is 1. The summed E-state index contributed by atoms with van der Waals surface area (Å²) < 4.78 is 14.9. The van der Waals surface area contributed by atoms with Crippen molar-refractivity contribution >= 4 is 23.8 Å². The Labute approximate surface area is 166 Å². The number of unbranched alkanes of at least 4 members (excludes halogenated alkanes) is 1. The van der Waals surface area contributed by atoms with Gasteiger partial charge in [-0.3, -0.25) is 4.79 Å². The number of carbonyl (C=O) groups excluding carboxylic acids is 2. The summed E-state index contributed by atoms with van der Waals surface area (Å²) >= 11 is 0. The summed E-state index contributed by atoms with van der Waals surface area (Å²) in [5.74, 6) is -2.90. The number of esters is 1. The monoisotopic (exact) mass is 394 g/mol. The van der Waals surface area contributed by atoms with E-state index in [1.54, 1.807) is 26.0 Å². The molecule has 0 fully saturated rings. The van der Waals surface area contributed by atoms with Gasteiger partial charge in [0.2, 0.25) is 12.1 Å². The van der Waals surface area contributed by atoms with Crippen molar-refractivity contribution in [2.24, 2.45) is 0 Å². The molecule has 0 unspecified atom stereocenters. The van der Waals surface area contributed by atoms with E-state index in [9.17, 15) is 19.5 Å². The van der Waals surface area contributed by atoms with Crippen molar-refractivity contribution in [3.63, 3.8) is 0 Å². The molecule has 0 aliphatic carbocycles. The molecule has 0 spiro atoms. The van der Waals surface area contributed by atoms with Crippen molar-refractivity contribution in [2.75, 3.05) is 20.3 Å². The third-order valence-corrected chi connectivity index (χ3v) is 3.51. The van der Waals surface area contributed by atoms with Gasteiger partial charge in [-0.05, 0) is 31.6 Å². The van der Waals surface area contributed by atoms with Crippen LogP contribution < -0.4 is 0 Å².